The van der Waals surface area contributed by atoms with Gasteiger partial charge in [-0.3, -0.25) is 9.59 Å². The molecule has 1 heterocycles. The van der Waals surface area contributed by atoms with E-state index in [1.807, 2.05) is 0 Å². The second kappa shape index (κ2) is 18.3. The standard InChI is InChI=1S/C33H58O6Si/c1-7-11-23-33(5,39-40(8-2,9-3)10-4)24-18-20-28-29(38-31-22-16-17-25-37-31)26-27(32(28)35)19-14-12-13-15-21-30(34)36-6/h12,14,18,20,27-29,31H,7-11,13,15-17,19,21-26H2,1-6H3/t27-,28-,29-,31+,33?/m1/s1. The van der Waals surface area contributed by atoms with Crippen molar-refractivity contribution in [1.29, 1.82) is 0 Å². The molecule has 1 unspecified atom stereocenters. The molecule has 2 fully saturated rings. The van der Waals surface area contributed by atoms with Crippen molar-refractivity contribution in [2.75, 3.05) is 13.7 Å². The zero-order chi connectivity index (χ0) is 29.4. The third-order valence-electron chi connectivity index (χ3n) is 9.03. The second-order valence-electron chi connectivity index (χ2n) is 12.0. The van der Waals surface area contributed by atoms with Gasteiger partial charge in [-0.05, 0) is 82.8 Å². The Bertz CT molecular complexity index is 792. The van der Waals surface area contributed by atoms with Gasteiger partial charge in [-0.15, -0.1) is 0 Å². The van der Waals surface area contributed by atoms with Gasteiger partial charge >= 0.3 is 5.97 Å². The molecule has 1 aliphatic carbocycles. The summed E-state index contributed by atoms with van der Waals surface area (Å²) in [5, 5.41) is 0. The van der Waals surface area contributed by atoms with Crippen molar-refractivity contribution in [3.05, 3.63) is 24.3 Å². The Labute approximate surface area is 245 Å². The van der Waals surface area contributed by atoms with E-state index < -0.39 is 8.32 Å². The van der Waals surface area contributed by atoms with Gasteiger partial charge in [-0.25, -0.2) is 0 Å². The van der Waals surface area contributed by atoms with Crippen molar-refractivity contribution in [2.45, 2.75) is 148 Å². The SMILES string of the molecule is CCCCC(C)(CC=C[C@H]1C(=O)[C@H](CC=CCCCC(=O)OC)C[C@H]1O[C@H]1CCCCO1)O[Si](CC)(CC)CC. The summed E-state index contributed by atoms with van der Waals surface area (Å²) in [6.45, 7) is 12.1. The van der Waals surface area contributed by atoms with E-state index in [1.54, 1.807) is 0 Å². The van der Waals surface area contributed by atoms with Gasteiger partial charge in [0.1, 0.15) is 5.78 Å². The largest absolute Gasteiger partial charge is 0.469 e. The van der Waals surface area contributed by atoms with E-state index in [0.717, 1.165) is 88.9 Å². The highest BCUT2D eigenvalue weighted by Crippen LogP contribution is 2.37. The molecule has 0 amide bonds. The molecule has 7 heteroatoms. The number of ether oxygens (including phenoxy) is 3. The van der Waals surface area contributed by atoms with Crippen LogP contribution in [-0.4, -0.2) is 51.8 Å². The van der Waals surface area contributed by atoms with Crippen LogP contribution in [0.15, 0.2) is 24.3 Å². The van der Waals surface area contributed by atoms with Gasteiger partial charge in [-0.2, -0.15) is 0 Å². The number of methoxy groups -OCH3 is 1. The molecule has 2 rings (SSSR count). The van der Waals surface area contributed by atoms with Crippen molar-refractivity contribution >= 4 is 20.1 Å². The molecule has 6 nitrogen and oxygen atoms in total. The highest BCUT2D eigenvalue weighted by molar-refractivity contribution is 6.73. The summed E-state index contributed by atoms with van der Waals surface area (Å²) in [6, 6.07) is 3.42. The summed E-state index contributed by atoms with van der Waals surface area (Å²) < 4.78 is 24.1. The van der Waals surface area contributed by atoms with E-state index in [1.165, 1.54) is 7.11 Å². The minimum absolute atomic E-state index is 0.0526. The Morgan fingerprint density at radius 3 is 2.45 bits per heavy atom. The number of allylic oxidation sites excluding steroid dienone is 2. The van der Waals surface area contributed by atoms with E-state index in [9.17, 15) is 9.59 Å². The number of Topliss-reactive ketones (excluding diaryl/α,β-unsaturated/α-hetero) is 1. The van der Waals surface area contributed by atoms with Crippen LogP contribution in [-0.2, 0) is 28.2 Å². The summed E-state index contributed by atoms with van der Waals surface area (Å²) >= 11 is 0. The molecule has 40 heavy (non-hydrogen) atoms. The normalized spacial score (nSPS) is 25.6. The number of unbranched alkanes of at least 4 members (excludes halogenated alkanes) is 2. The summed E-state index contributed by atoms with van der Waals surface area (Å²) in [5.41, 5.74) is -0.197. The summed E-state index contributed by atoms with van der Waals surface area (Å²) in [6.07, 6.45) is 18.8. The van der Waals surface area contributed by atoms with Crippen LogP contribution in [0.1, 0.15) is 112 Å². The van der Waals surface area contributed by atoms with Crippen molar-refractivity contribution in [1.82, 2.24) is 0 Å². The predicted molar refractivity (Wildman–Crippen MR) is 165 cm³/mol. The Morgan fingerprint density at radius 1 is 1.07 bits per heavy atom. The number of esters is 1. The van der Waals surface area contributed by atoms with Crippen LogP contribution in [0, 0.1) is 11.8 Å². The Morgan fingerprint density at radius 2 is 1.82 bits per heavy atom. The Kier molecular flexibility index (Phi) is 16.0. The summed E-state index contributed by atoms with van der Waals surface area (Å²) in [4.78, 5) is 24.9. The molecule has 0 aromatic heterocycles. The molecule has 0 aromatic rings. The maximum Gasteiger partial charge on any atom is 0.305 e. The van der Waals surface area contributed by atoms with Crippen LogP contribution in [0.4, 0.5) is 0 Å². The van der Waals surface area contributed by atoms with Gasteiger partial charge < -0.3 is 18.6 Å². The third-order valence-corrected chi connectivity index (χ3v) is 13.8. The number of hydrogen-bond acceptors (Lipinski definition) is 6. The first kappa shape index (κ1) is 34.9. The van der Waals surface area contributed by atoms with E-state index in [0.29, 0.717) is 12.8 Å². The van der Waals surface area contributed by atoms with Gasteiger partial charge in [0.25, 0.3) is 0 Å². The fourth-order valence-corrected chi connectivity index (χ4v) is 9.29. The quantitative estimate of drug-likeness (QED) is 0.0664. The van der Waals surface area contributed by atoms with Crippen molar-refractivity contribution in [2.24, 2.45) is 11.8 Å². The molecule has 1 aliphatic heterocycles. The summed E-state index contributed by atoms with van der Waals surface area (Å²) in [7, 11) is -0.343. The predicted octanol–water partition coefficient (Wildman–Crippen LogP) is 8.31. The van der Waals surface area contributed by atoms with Crippen LogP contribution in [0.5, 0.6) is 0 Å². The molecule has 0 radical (unpaired) electrons. The maximum absolute atomic E-state index is 13.6. The smallest absolute Gasteiger partial charge is 0.305 e. The van der Waals surface area contributed by atoms with Crippen molar-refractivity contribution in [3.63, 3.8) is 0 Å². The molecule has 5 atom stereocenters. The fourth-order valence-electron chi connectivity index (χ4n) is 6.13. The first-order valence-electron chi connectivity index (χ1n) is 16.1. The molecule has 0 bridgehead atoms. The van der Waals surface area contributed by atoms with E-state index >= 15 is 0 Å². The average molecular weight is 579 g/mol. The fraction of sp³-hybridized carbons (Fsp3) is 0.818. The zero-order valence-corrected chi connectivity index (χ0v) is 27.4. The number of rotatable bonds is 19. The van der Waals surface area contributed by atoms with Crippen LogP contribution in [0.25, 0.3) is 0 Å². The number of carbonyl (C=O) groups excluding carboxylic acids is 2. The van der Waals surface area contributed by atoms with E-state index in [2.05, 4.69) is 58.9 Å². The lowest BCUT2D eigenvalue weighted by molar-refractivity contribution is -0.192. The van der Waals surface area contributed by atoms with Crippen molar-refractivity contribution < 1.29 is 28.2 Å². The van der Waals surface area contributed by atoms with Crippen LogP contribution in [0.3, 0.4) is 0 Å². The number of carbonyl (C=O) groups is 2. The third kappa shape index (κ3) is 11.2. The molecular formula is C33H58O6Si. The van der Waals surface area contributed by atoms with Crippen LogP contribution < -0.4 is 0 Å². The highest BCUT2D eigenvalue weighted by Gasteiger charge is 2.42. The molecule has 0 aromatic carbocycles. The maximum atomic E-state index is 13.6. The molecule has 0 N–H and O–H groups in total. The van der Waals surface area contributed by atoms with E-state index in [-0.39, 0.29) is 41.6 Å². The number of ketones is 1. The van der Waals surface area contributed by atoms with E-state index in [4.69, 9.17) is 18.6 Å². The lowest BCUT2D eigenvalue weighted by Gasteiger charge is -2.40. The van der Waals surface area contributed by atoms with Crippen LogP contribution in [0.2, 0.25) is 18.1 Å². The lowest BCUT2D eigenvalue weighted by atomic mass is 9.93. The molecule has 2 aliphatic rings. The Hall–Kier alpha value is -1.28. The minimum Gasteiger partial charge on any atom is -0.469 e. The van der Waals surface area contributed by atoms with Gasteiger partial charge in [0.05, 0.1) is 24.7 Å². The topological polar surface area (TPSA) is 71.1 Å². The molecule has 1 saturated heterocycles. The average Bonchev–Trinajstić information content (AvgIpc) is 3.26. The van der Waals surface area contributed by atoms with Gasteiger partial charge in [0.2, 0.25) is 0 Å². The molecule has 1 saturated carbocycles. The Balaban J connectivity index is 2.10. The second-order valence-corrected chi connectivity index (χ2v) is 16.7. The molecular weight excluding hydrogens is 520 g/mol. The first-order chi connectivity index (χ1) is 19.2. The minimum atomic E-state index is -1.76. The zero-order valence-electron chi connectivity index (χ0n) is 26.4. The molecule has 0 spiro atoms. The van der Waals surface area contributed by atoms with Crippen molar-refractivity contribution in [3.8, 4) is 0 Å². The summed E-state index contributed by atoms with van der Waals surface area (Å²) in [5.74, 6) is -0.207. The first-order valence-corrected chi connectivity index (χ1v) is 18.7. The van der Waals surface area contributed by atoms with Gasteiger partial charge in [-0.1, -0.05) is 64.8 Å². The lowest BCUT2D eigenvalue weighted by Crippen LogP contribution is -2.45. The number of hydrogen-bond donors (Lipinski definition) is 0. The van der Waals surface area contributed by atoms with Gasteiger partial charge in [0, 0.05) is 18.9 Å². The van der Waals surface area contributed by atoms with Crippen LogP contribution >= 0.6 is 0 Å². The molecule has 230 valence electrons. The highest BCUT2D eigenvalue weighted by atomic mass is 28.4. The van der Waals surface area contributed by atoms with Gasteiger partial charge in [0.15, 0.2) is 14.6 Å². The monoisotopic (exact) mass is 578 g/mol.